The van der Waals surface area contributed by atoms with Gasteiger partial charge < -0.3 is 0 Å². The summed E-state index contributed by atoms with van der Waals surface area (Å²) in [7, 11) is 0. The molecule has 0 aliphatic carbocycles. The van der Waals surface area contributed by atoms with Crippen LogP contribution in [-0.2, 0) is 9.59 Å². The van der Waals surface area contributed by atoms with Crippen LogP contribution in [0.15, 0.2) is 12.1 Å². The number of benzene rings is 1. The fourth-order valence-electron chi connectivity index (χ4n) is 2.52. The summed E-state index contributed by atoms with van der Waals surface area (Å²) in [5, 5.41) is 0. The van der Waals surface area contributed by atoms with E-state index in [9.17, 15) is 14.4 Å². The fourth-order valence-corrected chi connectivity index (χ4v) is 2.52. The molecule has 100 valence electrons. The van der Waals surface area contributed by atoms with Crippen LogP contribution < -0.4 is 4.90 Å². The van der Waals surface area contributed by atoms with Crippen molar-refractivity contribution < 1.29 is 14.4 Å². The molecule has 1 heterocycles. The van der Waals surface area contributed by atoms with E-state index in [2.05, 4.69) is 0 Å². The van der Waals surface area contributed by atoms with Crippen molar-refractivity contribution in [2.45, 2.75) is 33.6 Å². The van der Waals surface area contributed by atoms with Gasteiger partial charge in [0.1, 0.15) is 0 Å². The quantitative estimate of drug-likeness (QED) is 0.779. The van der Waals surface area contributed by atoms with Crippen molar-refractivity contribution >= 4 is 23.2 Å². The molecule has 0 spiro atoms. The molecular formula is C15H17NO3. The number of hydrogen-bond acceptors (Lipinski definition) is 3. The molecule has 2 rings (SSSR count). The Bertz CT molecular complexity index is 575. The topological polar surface area (TPSA) is 54.5 Å². The van der Waals surface area contributed by atoms with Gasteiger partial charge in [-0.3, -0.25) is 19.3 Å². The van der Waals surface area contributed by atoms with E-state index in [0.29, 0.717) is 17.7 Å². The van der Waals surface area contributed by atoms with Gasteiger partial charge in [-0.1, -0.05) is 13.0 Å². The number of carbonyl (C=O) groups excluding carboxylic acids is 3. The highest BCUT2D eigenvalue weighted by Crippen LogP contribution is 2.33. The Labute approximate surface area is 112 Å². The Balaban J connectivity index is 2.41. The van der Waals surface area contributed by atoms with Crippen LogP contribution in [0.1, 0.15) is 41.3 Å². The first-order valence-corrected chi connectivity index (χ1v) is 6.44. The molecular weight excluding hydrogens is 242 g/mol. The maximum Gasteiger partial charge on any atom is 0.299 e. The zero-order chi connectivity index (χ0) is 14.2. The summed E-state index contributed by atoms with van der Waals surface area (Å²) in [5.74, 6) is -1.12. The Hall–Kier alpha value is -1.97. The van der Waals surface area contributed by atoms with Gasteiger partial charge in [0.05, 0.1) is 17.8 Å². The summed E-state index contributed by atoms with van der Waals surface area (Å²) in [6, 6.07) is 3.63. The smallest absolute Gasteiger partial charge is 0.298 e. The number of Topliss-reactive ketones (excluding diaryl/α,β-unsaturated/α-hetero) is 2. The SMILES string of the molecule is CCCC(=O)CN1C(=O)C(=O)c2cc(C)cc(C)c21. The highest BCUT2D eigenvalue weighted by atomic mass is 16.2. The first-order chi connectivity index (χ1) is 8.95. The van der Waals surface area contributed by atoms with Crippen molar-refractivity contribution in [1.82, 2.24) is 0 Å². The van der Waals surface area contributed by atoms with Crippen molar-refractivity contribution in [3.8, 4) is 0 Å². The molecule has 1 amide bonds. The predicted octanol–water partition coefficient (Wildman–Crippen LogP) is 2.20. The summed E-state index contributed by atoms with van der Waals surface area (Å²) in [5.41, 5.74) is 2.83. The Morgan fingerprint density at radius 3 is 2.53 bits per heavy atom. The highest BCUT2D eigenvalue weighted by molar-refractivity contribution is 6.52. The summed E-state index contributed by atoms with van der Waals surface area (Å²) in [6.45, 7) is 5.65. The second-order valence-corrected chi connectivity index (χ2v) is 4.99. The summed E-state index contributed by atoms with van der Waals surface area (Å²) < 4.78 is 0. The Kier molecular flexibility index (Phi) is 3.51. The number of aryl methyl sites for hydroxylation is 2. The summed E-state index contributed by atoms with van der Waals surface area (Å²) >= 11 is 0. The van der Waals surface area contributed by atoms with E-state index in [1.54, 1.807) is 6.07 Å². The maximum absolute atomic E-state index is 12.0. The molecule has 4 heteroatoms. The Morgan fingerprint density at radius 1 is 1.21 bits per heavy atom. The number of carbonyl (C=O) groups is 3. The van der Waals surface area contributed by atoms with Crippen LogP contribution >= 0.6 is 0 Å². The number of anilines is 1. The van der Waals surface area contributed by atoms with Crippen molar-refractivity contribution in [3.05, 3.63) is 28.8 Å². The van der Waals surface area contributed by atoms with Gasteiger partial charge >= 0.3 is 0 Å². The number of ketones is 2. The third-order valence-electron chi connectivity index (χ3n) is 3.26. The van der Waals surface area contributed by atoms with Crippen molar-refractivity contribution in [3.63, 3.8) is 0 Å². The number of fused-ring (bicyclic) bond motifs is 1. The minimum atomic E-state index is -0.590. The number of nitrogens with zero attached hydrogens (tertiary/aromatic N) is 1. The lowest BCUT2D eigenvalue weighted by atomic mass is 10.0. The van der Waals surface area contributed by atoms with E-state index in [-0.39, 0.29) is 12.3 Å². The third-order valence-corrected chi connectivity index (χ3v) is 3.26. The first kappa shape index (κ1) is 13.5. The second kappa shape index (κ2) is 4.96. The lowest BCUT2D eigenvalue weighted by Gasteiger charge is -2.17. The third kappa shape index (κ3) is 2.30. The van der Waals surface area contributed by atoms with Gasteiger partial charge in [-0.2, -0.15) is 0 Å². The molecule has 1 aromatic carbocycles. The van der Waals surface area contributed by atoms with E-state index >= 15 is 0 Å². The molecule has 0 atom stereocenters. The minimum absolute atomic E-state index is 0.00465. The van der Waals surface area contributed by atoms with Crippen LogP contribution in [-0.4, -0.2) is 24.0 Å². The molecule has 1 aliphatic rings. The molecule has 0 unspecified atom stereocenters. The van der Waals surface area contributed by atoms with Crippen LogP contribution in [0.3, 0.4) is 0 Å². The molecule has 4 nitrogen and oxygen atoms in total. The molecule has 0 radical (unpaired) electrons. The van der Waals surface area contributed by atoms with Gasteiger partial charge in [-0.25, -0.2) is 0 Å². The van der Waals surface area contributed by atoms with Gasteiger partial charge in [0.25, 0.3) is 11.7 Å². The summed E-state index contributed by atoms with van der Waals surface area (Å²) in [6.07, 6.45) is 1.17. The van der Waals surface area contributed by atoms with Gasteiger partial charge in [-0.05, 0) is 37.5 Å². The molecule has 1 aliphatic heterocycles. The van der Waals surface area contributed by atoms with E-state index < -0.39 is 11.7 Å². The average Bonchev–Trinajstić information content (AvgIpc) is 2.55. The zero-order valence-electron chi connectivity index (χ0n) is 11.4. The van der Waals surface area contributed by atoms with Gasteiger partial charge in [0.2, 0.25) is 0 Å². The number of hydrogen-bond donors (Lipinski definition) is 0. The average molecular weight is 259 g/mol. The summed E-state index contributed by atoms with van der Waals surface area (Å²) in [4.78, 5) is 37.0. The molecule has 0 saturated heterocycles. The Morgan fingerprint density at radius 2 is 1.89 bits per heavy atom. The highest BCUT2D eigenvalue weighted by Gasteiger charge is 2.37. The molecule has 0 saturated carbocycles. The zero-order valence-corrected chi connectivity index (χ0v) is 11.4. The fraction of sp³-hybridized carbons (Fsp3) is 0.400. The van der Waals surface area contributed by atoms with Gasteiger partial charge in [0, 0.05) is 6.42 Å². The van der Waals surface area contributed by atoms with Crippen LogP contribution in [0.2, 0.25) is 0 Å². The lowest BCUT2D eigenvalue weighted by molar-refractivity contribution is -0.120. The van der Waals surface area contributed by atoms with Crippen molar-refractivity contribution in [2.75, 3.05) is 11.4 Å². The van der Waals surface area contributed by atoms with E-state index in [1.807, 2.05) is 26.8 Å². The number of rotatable bonds is 4. The van der Waals surface area contributed by atoms with Gasteiger partial charge in [-0.15, -0.1) is 0 Å². The molecule has 1 aromatic rings. The van der Waals surface area contributed by atoms with E-state index in [0.717, 1.165) is 17.5 Å². The molecule has 0 aromatic heterocycles. The monoisotopic (exact) mass is 259 g/mol. The normalized spacial score (nSPS) is 13.9. The number of amides is 1. The molecule has 0 N–H and O–H groups in total. The van der Waals surface area contributed by atoms with E-state index in [1.165, 1.54) is 4.90 Å². The molecule has 0 bridgehead atoms. The van der Waals surface area contributed by atoms with Crippen LogP contribution in [0, 0.1) is 13.8 Å². The van der Waals surface area contributed by atoms with Crippen molar-refractivity contribution in [2.24, 2.45) is 0 Å². The maximum atomic E-state index is 12.0. The van der Waals surface area contributed by atoms with Crippen molar-refractivity contribution in [1.29, 1.82) is 0 Å². The van der Waals surface area contributed by atoms with Gasteiger partial charge in [0.15, 0.2) is 5.78 Å². The molecule has 0 fully saturated rings. The largest absolute Gasteiger partial charge is 0.299 e. The standard InChI is InChI=1S/C15H17NO3/c1-4-5-11(17)8-16-13-10(3)6-9(2)7-12(13)14(18)15(16)19/h6-7H,4-5,8H2,1-3H3. The predicted molar refractivity (Wildman–Crippen MR) is 72.5 cm³/mol. The molecule has 19 heavy (non-hydrogen) atoms. The first-order valence-electron chi connectivity index (χ1n) is 6.44. The second-order valence-electron chi connectivity index (χ2n) is 4.99. The van der Waals surface area contributed by atoms with Crippen LogP contribution in [0.5, 0.6) is 0 Å². The van der Waals surface area contributed by atoms with E-state index in [4.69, 9.17) is 0 Å². The van der Waals surface area contributed by atoms with Crippen LogP contribution in [0.25, 0.3) is 0 Å². The minimum Gasteiger partial charge on any atom is -0.298 e. The lowest BCUT2D eigenvalue weighted by Crippen LogP contribution is -2.34. The van der Waals surface area contributed by atoms with Crippen LogP contribution in [0.4, 0.5) is 5.69 Å².